The molecule has 4 N–H and O–H groups in total. The number of alkyl carbamates (subject to hydrolysis) is 2. The summed E-state index contributed by atoms with van der Waals surface area (Å²) in [6.45, 7) is 9.07. The molecule has 0 spiro atoms. The monoisotopic (exact) mass is 914 g/mol. The molecule has 2 aliphatic heterocycles. The fourth-order valence-corrected chi connectivity index (χ4v) is 9.39. The van der Waals surface area contributed by atoms with E-state index in [2.05, 4.69) is 69.1 Å². The maximum atomic E-state index is 14.0. The van der Waals surface area contributed by atoms with E-state index in [0.29, 0.717) is 13.1 Å². The minimum Gasteiger partial charge on any atom is -0.445 e. The highest BCUT2D eigenvalue weighted by atomic mass is 16.6. The van der Waals surface area contributed by atoms with Crippen molar-refractivity contribution in [2.45, 2.75) is 90.8 Å². The first-order valence-electron chi connectivity index (χ1n) is 23.6. The molecular formula is C54H58N8O6. The molecule has 7 aromatic rings. The highest BCUT2D eigenvalue weighted by Gasteiger charge is 2.39. The average molecular weight is 915 g/mol. The number of rotatable bonds is 14. The number of hydrogen-bond donors (Lipinski definition) is 4. The molecule has 5 aromatic carbocycles. The Hall–Kier alpha value is -7.48. The van der Waals surface area contributed by atoms with Crippen molar-refractivity contribution in [1.29, 1.82) is 0 Å². The molecule has 4 heterocycles. The topological polar surface area (TPSA) is 175 Å². The van der Waals surface area contributed by atoms with Crippen molar-refractivity contribution in [3.8, 4) is 22.3 Å². The summed E-state index contributed by atoms with van der Waals surface area (Å²) in [5.41, 5.74) is 9.28. The molecule has 2 aliphatic rings. The van der Waals surface area contributed by atoms with Gasteiger partial charge in [0.2, 0.25) is 11.8 Å². The van der Waals surface area contributed by atoms with Crippen LogP contribution in [0.25, 0.3) is 44.3 Å². The number of H-pyrrole nitrogens is 2. The third-order valence-corrected chi connectivity index (χ3v) is 13.1. The van der Waals surface area contributed by atoms with E-state index in [-0.39, 0.29) is 48.9 Å². The summed E-state index contributed by atoms with van der Waals surface area (Å²) >= 11 is 0. The van der Waals surface area contributed by atoms with Crippen molar-refractivity contribution in [3.63, 3.8) is 0 Å². The molecule has 14 heteroatoms. The van der Waals surface area contributed by atoms with Gasteiger partial charge >= 0.3 is 12.2 Å². The minimum atomic E-state index is -0.741. The molecule has 0 bridgehead atoms. The normalized spacial score (nSPS) is 16.9. The summed E-state index contributed by atoms with van der Waals surface area (Å²) in [7, 11) is 0. The fraction of sp³-hybridized carbons (Fsp3) is 0.333. The van der Waals surface area contributed by atoms with Gasteiger partial charge in [-0.3, -0.25) is 9.59 Å². The Bertz CT molecular complexity index is 2700. The number of imidazole rings is 2. The van der Waals surface area contributed by atoms with Crippen molar-refractivity contribution >= 4 is 46.1 Å². The number of aromatic nitrogens is 4. The zero-order chi connectivity index (χ0) is 47.3. The Balaban J connectivity index is 0.847. The van der Waals surface area contributed by atoms with Gasteiger partial charge in [-0.2, -0.15) is 0 Å². The molecule has 4 amide bonds. The number of benzene rings is 5. The molecule has 0 saturated carbocycles. The summed E-state index contributed by atoms with van der Waals surface area (Å²) in [5, 5.41) is 5.66. The smallest absolute Gasteiger partial charge is 0.408 e. The van der Waals surface area contributed by atoms with Crippen LogP contribution < -0.4 is 10.6 Å². The quantitative estimate of drug-likeness (QED) is 0.0834. The highest BCUT2D eigenvalue weighted by Crippen LogP contribution is 2.36. The van der Waals surface area contributed by atoms with E-state index in [1.54, 1.807) is 0 Å². The van der Waals surface area contributed by atoms with Crippen LogP contribution in [0.1, 0.15) is 88.2 Å². The molecule has 0 radical (unpaired) electrons. The molecule has 2 fully saturated rings. The molecule has 68 heavy (non-hydrogen) atoms. The molecule has 4 atom stereocenters. The van der Waals surface area contributed by atoms with Gasteiger partial charge < -0.3 is 39.9 Å². The van der Waals surface area contributed by atoms with Crippen molar-refractivity contribution in [3.05, 3.63) is 144 Å². The van der Waals surface area contributed by atoms with Gasteiger partial charge in [-0.05, 0) is 95.2 Å². The molecular weight excluding hydrogens is 857 g/mol. The van der Waals surface area contributed by atoms with Gasteiger partial charge in [0.05, 0.1) is 34.2 Å². The zero-order valence-electron chi connectivity index (χ0n) is 38.9. The highest BCUT2D eigenvalue weighted by molar-refractivity contribution is 5.88. The lowest BCUT2D eigenvalue weighted by Crippen LogP contribution is -2.51. The number of fused-ring (bicyclic) bond motifs is 2. The van der Waals surface area contributed by atoms with Crippen LogP contribution >= 0.6 is 0 Å². The predicted octanol–water partition coefficient (Wildman–Crippen LogP) is 10.0. The van der Waals surface area contributed by atoms with Crippen LogP contribution in [-0.2, 0) is 32.3 Å². The lowest BCUT2D eigenvalue weighted by molar-refractivity contribution is -0.136. The van der Waals surface area contributed by atoms with Crippen molar-refractivity contribution in [2.24, 2.45) is 11.8 Å². The van der Waals surface area contributed by atoms with E-state index in [1.807, 2.05) is 110 Å². The van der Waals surface area contributed by atoms with E-state index in [0.717, 1.165) is 92.8 Å². The second-order valence-corrected chi connectivity index (χ2v) is 18.5. The second-order valence-electron chi connectivity index (χ2n) is 18.5. The van der Waals surface area contributed by atoms with E-state index in [4.69, 9.17) is 19.4 Å². The average Bonchev–Trinajstić information content (AvgIpc) is 4.20. The summed E-state index contributed by atoms with van der Waals surface area (Å²) < 4.78 is 10.9. The molecule has 2 saturated heterocycles. The predicted molar refractivity (Wildman–Crippen MR) is 261 cm³/mol. The van der Waals surface area contributed by atoms with Crippen LogP contribution in [-0.4, -0.2) is 78.9 Å². The van der Waals surface area contributed by atoms with E-state index >= 15 is 0 Å². The first-order valence-corrected chi connectivity index (χ1v) is 23.6. The standard InChI is InChI=1S/C54H58N8O6/c1-33(2)47(59-53(65)67-31-35-13-7-5-8-14-35)51(63)61-27-11-17-45(61)49-55-41-25-23-39(29-43(41)57-49)37-19-21-38(22-20-37)40-24-26-42-44(30-40)58-50(56-42)46-18-12-28-62(46)52(64)48(34(3)4)60-54(66)68-32-36-15-9-6-10-16-36/h5-10,13-16,19-26,29-30,33-34,45-48H,11-12,17-18,27-28,31-32H2,1-4H3,(H,55,57)(H,56,58)(H,59,65)(H,60,66)/t45-,46-,47-,48-/m0/s1. The maximum Gasteiger partial charge on any atom is 0.408 e. The number of carbonyl (C=O) groups excluding carboxylic acids is 4. The number of nitrogens with one attached hydrogen (secondary N) is 4. The molecule has 9 rings (SSSR count). The lowest BCUT2D eigenvalue weighted by Gasteiger charge is -2.30. The van der Waals surface area contributed by atoms with Crippen LogP contribution in [0.5, 0.6) is 0 Å². The summed E-state index contributed by atoms with van der Waals surface area (Å²) in [6, 6.07) is 37.7. The number of likely N-dealkylation sites (tertiary alicyclic amines) is 2. The van der Waals surface area contributed by atoms with Gasteiger partial charge in [-0.1, -0.05) is 125 Å². The first-order chi connectivity index (χ1) is 33.0. The van der Waals surface area contributed by atoms with Gasteiger partial charge in [0.15, 0.2) is 0 Å². The van der Waals surface area contributed by atoms with Crippen LogP contribution in [0, 0.1) is 11.8 Å². The number of nitrogens with zero attached hydrogens (tertiary/aromatic N) is 4. The van der Waals surface area contributed by atoms with Crippen LogP contribution in [0.3, 0.4) is 0 Å². The number of amides is 4. The van der Waals surface area contributed by atoms with Crippen LogP contribution in [0.2, 0.25) is 0 Å². The number of carbonyl (C=O) groups is 4. The lowest BCUT2D eigenvalue weighted by atomic mass is 10.00. The van der Waals surface area contributed by atoms with Gasteiger partial charge in [0.1, 0.15) is 36.9 Å². The molecule has 14 nitrogen and oxygen atoms in total. The Morgan fingerprint density at radius 3 is 1.32 bits per heavy atom. The van der Waals surface area contributed by atoms with Gasteiger partial charge in [-0.25, -0.2) is 19.6 Å². The van der Waals surface area contributed by atoms with Crippen molar-refractivity contribution < 1.29 is 28.7 Å². The first kappa shape index (κ1) is 45.7. The van der Waals surface area contributed by atoms with E-state index in [9.17, 15) is 19.2 Å². The van der Waals surface area contributed by atoms with Crippen molar-refractivity contribution in [2.75, 3.05) is 13.1 Å². The Morgan fingerprint density at radius 1 is 0.559 bits per heavy atom. The van der Waals surface area contributed by atoms with Gasteiger partial charge in [-0.15, -0.1) is 0 Å². The van der Waals surface area contributed by atoms with Crippen molar-refractivity contribution in [1.82, 2.24) is 40.4 Å². The fourth-order valence-electron chi connectivity index (χ4n) is 9.39. The summed E-state index contributed by atoms with van der Waals surface area (Å²) in [4.78, 5) is 74.3. The largest absolute Gasteiger partial charge is 0.445 e. The minimum absolute atomic E-state index is 0.122. The SMILES string of the molecule is CC(C)[C@H](NC(=O)OCc1ccccc1)C(=O)N1CCC[C@H]1c1nc2ccc(-c3ccc(-c4ccc5nc([C@@H]6CCCN6C(=O)[C@@H](NC(=O)OCc6ccccc6)C(C)C)[nH]c5c4)cc3)cc2[nH]1. The van der Waals surface area contributed by atoms with Crippen LogP contribution in [0.4, 0.5) is 9.59 Å². The summed E-state index contributed by atoms with van der Waals surface area (Å²) in [6.07, 6.45) is 1.94. The third kappa shape index (κ3) is 10.1. The molecule has 0 aliphatic carbocycles. The summed E-state index contributed by atoms with van der Waals surface area (Å²) in [5.74, 6) is 0.861. The van der Waals surface area contributed by atoms with Gasteiger partial charge in [0, 0.05) is 13.1 Å². The second kappa shape index (κ2) is 20.2. The number of hydrogen-bond acceptors (Lipinski definition) is 8. The number of ether oxygens (including phenoxy) is 2. The van der Waals surface area contributed by atoms with Gasteiger partial charge in [0.25, 0.3) is 0 Å². The van der Waals surface area contributed by atoms with E-state index < -0.39 is 24.3 Å². The Labute approximate surface area is 395 Å². The number of aromatic amines is 2. The van der Waals surface area contributed by atoms with Crippen LogP contribution in [0.15, 0.2) is 121 Å². The zero-order valence-corrected chi connectivity index (χ0v) is 38.9. The maximum absolute atomic E-state index is 14.0. The molecule has 0 unspecified atom stereocenters. The van der Waals surface area contributed by atoms with E-state index in [1.165, 1.54) is 0 Å². The Morgan fingerprint density at radius 2 is 0.941 bits per heavy atom. The third-order valence-electron chi connectivity index (χ3n) is 13.1. The Kier molecular flexibility index (Phi) is 13.5. The molecule has 350 valence electrons. The molecule has 2 aromatic heterocycles.